The highest BCUT2D eigenvalue weighted by Gasteiger charge is 2.60. The van der Waals surface area contributed by atoms with E-state index in [0.29, 0.717) is 6.42 Å². The fourth-order valence-corrected chi connectivity index (χ4v) is 12.0. The van der Waals surface area contributed by atoms with Crippen molar-refractivity contribution in [2.24, 2.45) is 4.99 Å². The van der Waals surface area contributed by atoms with Gasteiger partial charge in [0.1, 0.15) is 8.53 Å². The number of aliphatic imine (C=N–C) groups is 1. The predicted molar refractivity (Wildman–Crippen MR) is 88.4 cm³/mol. The minimum atomic E-state index is -3.09. The van der Waals surface area contributed by atoms with Gasteiger partial charge in [0.15, 0.2) is 19.7 Å². The molecule has 0 aromatic heterocycles. The summed E-state index contributed by atoms with van der Waals surface area (Å²) in [6.45, 7) is 1.94. The van der Waals surface area contributed by atoms with Crippen LogP contribution in [0, 0.1) is 0 Å². The Morgan fingerprint density at radius 2 is 2.00 bits per heavy atom. The lowest BCUT2D eigenvalue weighted by Gasteiger charge is -2.22. The monoisotopic (exact) mass is 419 g/mol. The molecule has 0 aliphatic carbocycles. The van der Waals surface area contributed by atoms with Crippen LogP contribution in [0.4, 0.5) is 0 Å². The van der Waals surface area contributed by atoms with Gasteiger partial charge in [-0.2, -0.15) is 0 Å². The summed E-state index contributed by atoms with van der Waals surface area (Å²) in [5, 5.41) is -0.0152. The normalized spacial score (nSPS) is 47.7. The lowest BCUT2D eigenvalue weighted by molar-refractivity contribution is 0.598. The predicted octanol–water partition coefficient (Wildman–Crippen LogP) is 1.29. The zero-order chi connectivity index (χ0) is 14.8. The van der Waals surface area contributed by atoms with Gasteiger partial charge in [0.2, 0.25) is 0 Å². The summed E-state index contributed by atoms with van der Waals surface area (Å²) in [4.78, 5) is 4.53. The fraction of sp³-hybridized carbons (Fsp3) is 0.900. The Hall–Kier alpha value is 0.750. The Bertz CT molecular complexity index is 673. The first-order chi connectivity index (χ1) is 9.12. The number of nitrogens with zero attached hydrogens (tertiary/aromatic N) is 1. The molecule has 5 nitrogen and oxygen atoms in total. The van der Waals surface area contributed by atoms with Gasteiger partial charge >= 0.3 is 0 Å². The SMILES string of the molecule is C[C@]12SC(=N[C@H]3CCS(=O)(=O)C3)S[C@H]1CS(=O)(=O)[C@@H]2Br. The number of alkyl halides is 1. The van der Waals surface area contributed by atoms with E-state index < -0.39 is 28.6 Å². The van der Waals surface area contributed by atoms with Gasteiger partial charge in [0, 0.05) is 5.25 Å². The molecule has 0 unspecified atom stereocenters. The summed E-state index contributed by atoms with van der Waals surface area (Å²) in [5.41, 5.74) is 0. The molecule has 20 heavy (non-hydrogen) atoms. The average molecular weight is 420 g/mol. The molecule has 0 aromatic rings. The van der Waals surface area contributed by atoms with Crippen molar-refractivity contribution in [3.8, 4) is 0 Å². The van der Waals surface area contributed by atoms with Gasteiger partial charge in [0.05, 0.1) is 28.0 Å². The number of halogens is 1. The second-order valence-corrected chi connectivity index (χ2v) is 14.3. The minimum Gasteiger partial charge on any atom is -0.267 e. The van der Waals surface area contributed by atoms with Crippen molar-refractivity contribution >= 4 is 63.5 Å². The van der Waals surface area contributed by atoms with Crippen LogP contribution in [0.1, 0.15) is 13.3 Å². The highest BCUT2D eigenvalue weighted by atomic mass is 79.9. The summed E-state index contributed by atoms with van der Waals surface area (Å²) in [7, 11) is -6.02. The van der Waals surface area contributed by atoms with Crippen molar-refractivity contribution in [3.05, 3.63) is 0 Å². The molecule has 3 fully saturated rings. The molecule has 3 aliphatic heterocycles. The lowest BCUT2D eigenvalue weighted by Crippen LogP contribution is -2.33. The largest absolute Gasteiger partial charge is 0.267 e. The Balaban J connectivity index is 1.79. The van der Waals surface area contributed by atoms with Crippen molar-refractivity contribution in [2.75, 3.05) is 17.3 Å². The smallest absolute Gasteiger partial charge is 0.165 e. The number of sulfone groups is 2. The van der Waals surface area contributed by atoms with Crippen LogP contribution in [0.15, 0.2) is 4.99 Å². The Morgan fingerprint density at radius 1 is 1.30 bits per heavy atom. The third kappa shape index (κ3) is 2.59. The van der Waals surface area contributed by atoms with Gasteiger partial charge in [0.25, 0.3) is 0 Å². The molecular formula is C10H14BrNO4S4. The molecule has 3 rings (SSSR count). The fourth-order valence-electron chi connectivity index (χ4n) is 2.64. The standard InChI is InChI=1S/C10H14BrNO4S4/c1-10-7(5-20(15,16)8(10)11)17-9(18-10)12-6-2-3-19(13,14)4-6/h6-8H,2-5H2,1H3/t6-,7-,8-,10-/m0/s1. The third-order valence-corrected chi connectivity index (χ3v) is 14.0. The first-order valence-electron chi connectivity index (χ1n) is 6.12. The van der Waals surface area contributed by atoms with E-state index in [-0.39, 0.29) is 28.6 Å². The highest BCUT2D eigenvalue weighted by Crippen LogP contribution is 2.57. The van der Waals surface area contributed by atoms with Gasteiger partial charge < -0.3 is 0 Å². The Morgan fingerprint density at radius 3 is 2.55 bits per heavy atom. The van der Waals surface area contributed by atoms with E-state index in [2.05, 4.69) is 20.9 Å². The molecule has 3 saturated heterocycles. The number of fused-ring (bicyclic) bond motifs is 1. The molecule has 0 N–H and O–H groups in total. The third-order valence-electron chi connectivity index (χ3n) is 3.84. The molecule has 3 heterocycles. The van der Waals surface area contributed by atoms with Gasteiger partial charge in [-0.15, -0.1) is 0 Å². The summed E-state index contributed by atoms with van der Waals surface area (Å²) in [6, 6.07) is -0.164. The molecule has 3 aliphatic rings. The zero-order valence-corrected chi connectivity index (χ0v) is 15.5. The maximum atomic E-state index is 11.9. The van der Waals surface area contributed by atoms with Crippen LogP contribution in [0.3, 0.4) is 0 Å². The molecule has 0 radical (unpaired) electrons. The number of thioether (sulfide) groups is 2. The van der Waals surface area contributed by atoms with Crippen molar-refractivity contribution in [1.29, 1.82) is 0 Å². The summed E-state index contributed by atoms with van der Waals surface area (Å²) in [5.74, 6) is 0.480. The number of hydrogen-bond acceptors (Lipinski definition) is 7. The minimum absolute atomic E-state index is 0.0152. The van der Waals surface area contributed by atoms with E-state index in [0.717, 1.165) is 4.38 Å². The van der Waals surface area contributed by atoms with Crippen molar-refractivity contribution in [2.45, 2.75) is 33.5 Å². The first-order valence-corrected chi connectivity index (χ1v) is 12.3. The molecular weight excluding hydrogens is 406 g/mol. The zero-order valence-electron chi connectivity index (χ0n) is 10.7. The van der Waals surface area contributed by atoms with Gasteiger partial charge in [-0.25, -0.2) is 16.8 Å². The lowest BCUT2D eigenvalue weighted by atomic mass is 10.1. The van der Waals surface area contributed by atoms with E-state index in [1.165, 1.54) is 23.5 Å². The van der Waals surface area contributed by atoms with Crippen LogP contribution in [0.2, 0.25) is 0 Å². The first kappa shape index (κ1) is 15.6. The molecule has 10 heteroatoms. The van der Waals surface area contributed by atoms with Crippen molar-refractivity contribution < 1.29 is 16.8 Å². The van der Waals surface area contributed by atoms with Gasteiger partial charge in [-0.05, 0) is 13.3 Å². The van der Waals surface area contributed by atoms with Crippen LogP contribution in [-0.4, -0.2) is 58.7 Å². The summed E-state index contributed by atoms with van der Waals surface area (Å²) < 4.78 is 46.6. The number of hydrogen-bond donors (Lipinski definition) is 0. The van der Waals surface area contributed by atoms with Crippen molar-refractivity contribution in [1.82, 2.24) is 0 Å². The molecule has 0 aromatic carbocycles. The van der Waals surface area contributed by atoms with Crippen LogP contribution in [0.5, 0.6) is 0 Å². The second-order valence-electron chi connectivity index (χ2n) is 5.49. The Labute approximate surface area is 135 Å². The van der Waals surface area contributed by atoms with E-state index in [9.17, 15) is 16.8 Å². The molecule has 0 saturated carbocycles. The van der Waals surface area contributed by atoms with Crippen LogP contribution in [0.25, 0.3) is 0 Å². The van der Waals surface area contributed by atoms with Crippen LogP contribution < -0.4 is 0 Å². The average Bonchev–Trinajstić information content (AvgIpc) is 2.84. The van der Waals surface area contributed by atoms with Gasteiger partial charge in [-0.3, -0.25) is 4.99 Å². The summed E-state index contributed by atoms with van der Waals surface area (Å²) in [6.07, 6.45) is 0.574. The van der Waals surface area contributed by atoms with Crippen LogP contribution in [-0.2, 0) is 19.7 Å². The maximum absolute atomic E-state index is 11.9. The molecule has 0 spiro atoms. The van der Waals surface area contributed by atoms with Crippen molar-refractivity contribution in [3.63, 3.8) is 0 Å². The molecule has 0 bridgehead atoms. The summed E-state index contributed by atoms with van der Waals surface area (Å²) >= 11 is 6.26. The molecule has 0 amide bonds. The highest BCUT2D eigenvalue weighted by molar-refractivity contribution is 9.11. The topological polar surface area (TPSA) is 80.6 Å². The van der Waals surface area contributed by atoms with E-state index >= 15 is 0 Å². The van der Waals surface area contributed by atoms with E-state index in [1.807, 2.05) is 6.92 Å². The molecule has 114 valence electrons. The second kappa shape index (κ2) is 4.87. The quantitative estimate of drug-likeness (QED) is 0.595. The Kier molecular flexibility index (Phi) is 3.81. The van der Waals surface area contributed by atoms with Crippen LogP contribution >= 0.6 is 39.5 Å². The number of rotatable bonds is 1. The van der Waals surface area contributed by atoms with Gasteiger partial charge in [-0.1, -0.05) is 39.5 Å². The maximum Gasteiger partial charge on any atom is 0.165 e. The van der Waals surface area contributed by atoms with E-state index in [1.54, 1.807) is 0 Å². The molecule has 4 atom stereocenters. The van der Waals surface area contributed by atoms with E-state index in [4.69, 9.17) is 0 Å².